The molecule has 0 aliphatic heterocycles. The van der Waals surface area contributed by atoms with Gasteiger partial charge in [-0.05, 0) is 36.8 Å². The fourth-order valence-electron chi connectivity index (χ4n) is 1.83. The summed E-state index contributed by atoms with van der Waals surface area (Å²) < 4.78 is 6.85. The summed E-state index contributed by atoms with van der Waals surface area (Å²) in [7, 11) is 0. The summed E-state index contributed by atoms with van der Waals surface area (Å²) in [5, 5.41) is 0.559. The predicted molar refractivity (Wildman–Crippen MR) is 80.3 cm³/mol. The average Bonchev–Trinajstić information content (AvgIpc) is 2.86. The summed E-state index contributed by atoms with van der Waals surface area (Å²) in [4.78, 5) is 4.24. The van der Waals surface area contributed by atoms with Crippen LogP contribution < -0.4 is 10.5 Å². The van der Waals surface area contributed by atoms with E-state index in [1.54, 1.807) is 16.8 Å². The van der Waals surface area contributed by atoms with Crippen molar-refractivity contribution in [3.05, 3.63) is 46.4 Å². The molecule has 2 N–H and O–H groups in total. The number of thiazole rings is 1. The monoisotopic (exact) mass is 290 g/mol. The molecule has 0 atom stereocenters. The van der Waals surface area contributed by atoms with Gasteiger partial charge in [0.25, 0.3) is 0 Å². The minimum atomic E-state index is 0.538. The Kier molecular flexibility index (Phi) is 3.05. The molecular formula is C14H11ClN2OS. The van der Waals surface area contributed by atoms with Gasteiger partial charge in [-0.2, -0.15) is 0 Å². The van der Waals surface area contributed by atoms with Crippen LogP contribution in [0.25, 0.3) is 10.2 Å². The van der Waals surface area contributed by atoms with Gasteiger partial charge in [-0.15, -0.1) is 11.3 Å². The maximum Gasteiger partial charge on any atom is 0.152 e. The first kappa shape index (κ1) is 12.3. The number of benzene rings is 2. The molecule has 2 aromatic carbocycles. The molecule has 5 heteroatoms. The van der Waals surface area contributed by atoms with Crippen molar-refractivity contribution in [2.45, 2.75) is 6.92 Å². The maximum absolute atomic E-state index is 6.12. The lowest BCUT2D eigenvalue weighted by atomic mass is 10.2. The summed E-state index contributed by atoms with van der Waals surface area (Å²) >= 11 is 7.67. The second kappa shape index (κ2) is 4.72. The number of aryl methyl sites for hydroxylation is 1. The average molecular weight is 291 g/mol. The molecule has 3 rings (SSSR count). The molecule has 0 saturated heterocycles. The molecule has 96 valence electrons. The molecule has 0 radical (unpaired) electrons. The van der Waals surface area contributed by atoms with Crippen LogP contribution in [0.3, 0.4) is 0 Å². The zero-order valence-electron chi connectivity index (χ0n) is 10.2. The van der Waals surface area contributed by atoms with Crippen molar-refractivity contribution in [3.63, 3.8) is 0 Å². The van der Waals surface area contributed by atoms with Gasteiger partial charge in [-0.1, -0.05) is 17.7 Å². The third-order valence-electron chi connectivity index (χ3n) is 2.81. The zero-order valence-corrected chi connectivity index (χ0v) is 11.8. The SMILES string of the molecule is Cc1ccc(Cl)c(Oc2ccc3scnc3c2N)c1. The van der Waals surface area contributed by atoms with E-state index in [4.69, 9.17) is 22.1 Å². The molecule has 0 bridgehead atoms. The fraction of sp³-hybridized carbons (Fsp3) is 0.0714. The zero-order chi connectivity index (χ0) is 13.4. The molecule has 1 aromatic heterocycles. The third-order valence-corrected chi connectivity index (χ3v) is 3.91. The van der Waals surface area contributed by atoms with Crippen LogP contribution in [0.1, 0.15) is 5.56 Å². The first-order chi connectivity index (χ1) is 9.15. The molecule has 1 heterocycles. The molecular weight excluding hydrogens is 280 g/mol. The number of fused-ring (bicyclic) bond motifs is 1. The van der Waals surface area contributed by atoms with Gasteiger partial charge >= 0.3 is 0 Å². The lowest BCUT2D eigenvalue weighted by Crippen LogP contribution is -1.94. The number of ether oxygens (including phenoxy) is 1. The van der Waals surface area contributed by atoms with E-state index < -0.39 is 0 Å². The molecule has 0 aliphatic carbocycles. The molecule has 3 aromatic rings. The summed E-state index contributed by atoms with van der Waals surface area (Å²) in [6.07, 6.45) is 0. The number of halogens is 1. The van der Waals surface area contributed by atoms with E-state index in [2.05, 4.69) is 4.98 Å². The molecule has 0 aliphatic rings. The van der Waals surface area contributed by atoms with Gasteiger partial charge in [0, 0.05) is 0 Å². The van der Waals surface area contributed by atoms with Crippen molar-refractivity contribution >= 4 is 38.8 Å². The highest BCUT2D eigenvalue weighted by Crippen LogP contribution is 2.37. The molecule has 0 saturated carbocycles. The van der Waals surface area contributed by atoms with Crippen molar-refractivity contribution in [2.24, 2.45) is 0 Å². The van der Waals surface area contributed by atoms with Gasteiger partial charge < -0.3 is 10.5 Å². The fourth-order valence-corrected chi connectivity index (χ4v) is 2.68. The van der Waals surface area contributed by atoms with Crippen molar-refractivity contribution in [2.75, 3.05) is 5.73 Å². The quantitative estimate of drug-likeness (QED) is 0.700. The first-order valence-corrected chi connectivity index (χ1v) is 6.96. The van der Waals surface area contributed by atoms with Crippen molar-refractivity contribution in [1.29, 1.82) is 0 Å². The van der Waals surface area contributed by atoms with Gasteiger partial charge in [0.2, 0.25) is 0 Å². The molecule has 0 amide bonds. The Hall–Kier alpha value is -1.78. The molecule has 0 unspecified atom stereocenters. The number of nitrogens with zero attached hydrogens (tertiary/aromatic N) is 1. The van der Waals surface area contributed by atoms with E-state index in [9.17, 15) is 0 Å². The highest BCUT2D eigenvalue weighted by molar-refractivity contribution is 7.16. The molecule has 19 heavy (non-hydrogen) atoms. The lowest BCUT2D eigenvalue weighted by Gasteiger charge is -2.10. The predicted octanol–water partition coefficient (Wildman–Crippen LogP) is 4.63. The Morgan fingerprint density at radius 2 is 2.05 bits per heavy atom. The Labute approximate surface area is 119 Å². The van der Waals surface area contributed by atoms with Crippen LogP contribution in [0, 0.1) is 6.92 Å². The van der Waals surface area contributed by atoms with Gasteiger partial charge in [0.05, 0.1) is 15.2 Å². The van der Waals surface area contributed by atoms with Crippen molar-refractivity contribution in [1.82, 2.24) is 4.98 Å². The number of hydrogen-bond donors (Lipinski definition) is 1. The van der Waals surface area contributed by atoms with Crippen LogP contribution in [0.4, 0.5) is 5.69 Å². The second-order valence-corrected chi connectivity index (χ2v) is 5.51. The summed E-state index contributed by atoms with van der Waals surface area (Å²) in [5.41, 5.74) is 10.2. The first-order valence-electron chi connectivity index (χ1n) is 5.71. The highest BCUT2D eigenvalue weighted by atomic mass is 35.5. The van der Waals surface area contributed by atoms with Crippen LogP contribution in [0.15, 0.2) is 35.8 Å². The minimum Gasteiger partial charge on any atom is -0.454 e. The van der Waals surface area contributed by atoms with E-state index >= 15 is 0 Å². The van der Waals surface area contributed by atoms with Crippen molar-refractivity contribution in [3.8, 4) is 11.5 Å². The molecule has 3 nitrogen and oxygen atoms in total. The highest BCUT2D eigenvalue weighted by Gasteiger charge is 2.10. The summed E-state index contributed by atoms with van der Waals surface area (Å²) in [6, 6.07) is 9.41. The van der Waals surface area contributed by atoms with Crippen LogP contribution >= 0.6 is 22.9 Å². The van der Waals surface area contributed by atoms with Crippen molar-refractivity contribution < 1.29 is 4.74 Å². The van der Waals surface area contributed by atoms with E-state index in [0.29, 0.717) is 22.2 Å². The topological polar surface area (TPSA) is 48.1 Å². The van der Waals surface area contributed by atoms with E-state index in [1.165, 1.54) is 0 Å². The van der Waals surface area contributed by atoms with Gasteiger partial charge in [0.15, 0.2) is 5.75 Å². The van der Waals surface area contributed by atoms with E-state index in [0.717, 1.165) is 15.8 Å². The number of rotatable bonds is 2. The second-order valence-electron chi connectivity index (χ2n) is 4.21. The number of aromatic nitrogens is 1. The van der Waals surface area contributed by atoms with E-state index in [-0.39, 0.29) is 0 Å². The number of hydrogen-bond acceptors (Lipinski definition) is 4. The molecule has 0 spiro atoms. The maximum atomic E-state index is 6.12. The van der Waals surface area contributed by atoms with Gasteiger partial charge in [-0.3, -0.25) is 0 Å². The number of anilines is 1. The van der Waals surface area contributed by atoms with Crippen LogP contribution in [-0.2, 0) is 0 Å². The standard InChI is InChI=1S/C14H11ClN2OS/c1-8-2-3-9(15)11(6-8)18-10-4-5-12-14(13(10)16)17-7-19-12/h2-7H,16H2,1H3. The van der Waals surface area contributed by atoms with E-state index in [1.807, 2.05) is 37.3 Å². The van der Waals surface area contributed by atoms with Crippen LogP contribution in [0.2, 0.25) is 5.02 Å². The Morgan fingerprint density at radius 3 is 2.89 bits per heavy atom. The van der Waals surface area contributed by atoms with Crippen LogP contribution in [0.5, 0.6) is 11.5 Å². The Morgan fingerprint density at radius 1 is 1.21 bits per heavy atom. The Balaban J connectivity index is 2.05. The number of nitrogen functional groups attached to an aromatic ring is 1. The lowest BCUT2D eigenvalue weighted by molar-refractivity contribution is 0.485. The third kappa shape index (κ3) is 2.25. The summed E-state index contributed by atoms with van der Waals surface area (Å²) in [5.74, 6) is 1.17. The largest absolute Gasteiger partial charge is 0.454 e. The molecule has 0 fully saturated rings. The normalized spacial score (nSPS) is 10.8. The van der Waals surface area contributed by atoms with Gasteiger partial charge in [-0.25, -0.2) is 4.98 Å². The minimum absolute atomic E-state index is 0.538. The summed E-state index contributed by atoms with van der Waals surface area (Å²) in [6.45, 7) is 1.98. The smallest absolute Gasteiger partial charge is 0.152 e. The number of nitrogens with two attached hydrogens (primary N) is 1. The Bertz CT molecular complexity index is 754. The van der Waals surface area contributed by atoms with Gasteiger partial charge in [0.1, 0.15) is 17.0 Å². The van der Waals surface area contributed by atoms with Crippen LogP contribution in [-0.4, -0.2) is 4.98 Å².